The van der Waals surface area contributed by atoms with Crippen molar-refractivity contribution in [3.05, 3.63) is 35.9 Å². The van der Waals surface area contributed by atoms with Crippen molar-refractivity contribution in [2.45, 2.75) is 38.0 Å². The summed E-state index contributed by atoms with van der Waals surface area (Å²) >= 11 is 0. The van der Waals surface area contributed by atoms with E-state index in [1.54, 1.807) is 0 Å². The molecule has 17 heavy (non-hydrogen) atoms. The van der Waals surface area contributed by atoms with Crippen molar-refractivity contribution in [3.63, 3.8) is 0 Å². The molecule has 0 bridgehead atoms. The third-order valence-corrected chi connectivity index (χ3v) is 3.67. The van der Waals surface area contributed by atoms with Gasteiger partial charge in [-0.15, -0.1) is 0 Å². The van der Waals surface area contributed by atoms with Crippen LogP contribution in [0.15, 0.2) is 30.3 Å². The smallest absolute Gasteiger partial charge is 0.136 e. The second-order valence-corrected chi connectivity index (χ2v) is 4.74. The first-order valence-electron chi connectivity index (χ1n) is 6.34. The third-order valence-electron chi connectivity index (χ3n) is 3.67. The quantitative estimate of drug-likeness (QED) is 0.745. The van der Waals surface area contributed by atoms with Crippen molar-refractivity contribution >= 4 is 12.1 Å². The predicted octanol–water partition coefficient (Wildman–Crippen LogP) is 3.12. The van der Waals surface area contributed by atoms with Gasteiger partial charge in [0.1, 0.15) is 12.1 Å². The molecular formula is C15H18O2. The largest absolute Gasteiger partial charge is 0.303 e. The van der Waals surface area contributed by atoms with Gasteiger partial charge in [-0.05, 0) is 18.4 Å². The van der Waals surface area contributed by atoms with Crippen molar-refractivity contribution in [1.29, 1.82) is 0 Å². The van der Waals surface area contributed by atoms with E-state index in [0.29, 0.717) is 18.6 Å². The molecule has 2 unspecified atom stereocenters. The monoisotopic (exact) mass is 230 g/mol. The molecule has 2 heteroatoms. The fourth-order valence-corrected chi connectivity index (χ4v) is 2.77. The minimum absolute atomic E-state index is 0.0522. The molecule has 0 amide bonds. The van der Waals surface area contributed by atoms with Gasteiger partial charge < -0.3 is 4.79 Å². The first-order valence-corrected chi connectivity index (χ1v) is 6.34. The summed E-state index contributed by atoms with van der Waals surface area (Å²) in [5.41, 5.74) is 1.12. The second kappa shape index (κ2) is 5.76. The van der Waals surface area contributed by atoms with Gasteiger partial charge in [0, 0.05) is 24.7 Å². The zero-order valence-corrected chi connectivity index (χ0v) is 9.97. The minimum Gasteiger partial charge on any atom is -0.303 e. The van der Waals surface area contributed by atoms with Gasteiger partial charge in [0.15, 0.2) is 0 Å². The molecule has 0 saturated heterocycles. The first kappa shape index (κ1) is 12.0. The van der Waals surface area contributed by atoms with Crippen LogP contribution >= 0.6 is 0 Å². The van der Waals surface area contributed by atoms with Crippen LogP contribution in [-0.4, -0.2) is 12.1 Å². The molecule has 0 N–H and O–H groups in total. The zero-order valence-electron chi connectivity index (χ0n) is 9.97. The van der Waals surface area contributed by atoms with Crippen LogP contribution in [0.25, 0.3) is 0 Å². The highest BCUT2D eigenvalue weighted by Crippen LogP contribution is 2.35. The SMILES string of the molecule is O=CCC(c1ccccc1)C1CCCCC1=O. The number of hydrogen-bond acceptors (Lipinski definition) is 2. The zero-order chi connectivity index (χ0) is 12.1. The molecule has 1 aliphatic carbocycles. The summed E-state index contributed by atoms with van der Waals surface area (Å²) in [4.78, 5) is 22.8. The Balaban J connectivity index is 2.22. The van der Waals surface area contributed by atoms with Gasteiger partial charge in [0.05, 0.1) is 0 Å². The maximum absolute atomic E-state index is 12.0. The number of Topliss-reactive ketones (excluding diaryl/α,β-unsaturated/α-hetero) is 1. The van der Waals surface area contributed by atoms with Gasteiger partial charge in [-0.25, -0.2) is 0 Å². The van der Waals surface area contributed by atoms with Crippen LogP contribution < -0.4 is 0 Å². The molecule has 1 aromatic carbocycles. The topological polar surface area (TPSA) is 34.1 Å². The number of ketones is 1. The highest BCUT2D eigenvalue weighted by atomic mass is 16.1. The van der Waals surface area contributed by atoms with Gasteiger partial charge in [0.2, 0.25) is 0 Å². The van der Waals surface area contributed by atoms with E-state index >= 15 is 0 Å². The normalized spacial score (nSPS) is 22.1. The fraction of sp³-hybridized carbons (Fsp3) is 0.467. The van der Waals surface area contributed by atoms with E-state index in [9.17, 15) is 9.59 Å². The van der Waals surface area contributed by atoms with Crippen LogP contribution in [-0.2, 0) is 9.59 Å². The van der Waals surface area contributed by atoms with Crippen LogP contribution in [0.5, 0.6) is 0 Å². The van der Waals surface area contributed by atoms with Crippen molar-refractivity contribution < 1.29 is 9.59 Å². The maximum Gasteiger partial charge on any atom is 0.136 e. The fourth-order valence-electron chi connectivity index (χ4n) is 2.77. The summed E-state index contributed by atoms with van der Waals surface area (Å²) in [5, 5.41) is 0. The minimum atomic E-state index is 0.0522. The van der Waals surface area contributed by atoms with Gasteiger partial charge in [0.25, 0.3) is 0 Å². The lowest BCUT2D eigenvalue weighted by atomic mass is 9.75. The second-order valence-electron chi connectivity index (χ2n) is 4.74. The molecule has 0 spiro atoms. The lowest BCUT2D eigenvalue weighted by molar-refractivity contribution is -0.125. The van der Waals surface area contributed by atoms with Crippen molar-refractivity contribution in [2.75, 3.05) is 0 Å². The molecule has 1 aromatic rings. The molecule has 0 aliphatic heterocycles. The summed E-state index contributed by atoms with van der Waals surface area (Å²) in [6.07, 6.45) is 5.15. The summed E-state index contributed by atoms with van der Waals surface area (Å²) in [7, 11) is 0. The van der Waals surface area contributed by atoms with Crippen molar-refractivity contribution in [3.8, 4) is 0 Å². The Hall–Kier alpha value is -1.44. The molecule has 1 fully saturated rings. The van der Waals surface area contributed by atoms with Gasteiger partial charge >= 0.3 is 0 Å². The molecule has 2 nitrogen and oxygen atoms in total. The van der Waals surface area contributed by atoms with E-state index in [2.05, 4.69) is 0 Å². The summed E-state index contributed by atoms with van der Waals surface area (Å²) < 4.78 is 0. The highest BCUT2D eigenvalue weighted by molar-refractivity contribution is 5.83. The Kier molecular flexibility index (Phi) is 4.08. The molecule has 2 rings (SSSR count). The number of aldehydes is 1. The van der Waals surface area contributed by atoms with E-state index in [0.717, 1.165) is 31.1 Å². The predicted molar refractivity (Wildman–Crippen MR) is 66.8 cm³/mol. The van der Waals surface area contributed by atoms with Crippen molar-refractivity contribution in [2.24, 2.45) is 5.92 Å². The van der Waals surface area contributed by atoms with E-state index in [1.807, 2.05) is 30.3 Å². The van der Waals surface area contributed by atoms with E-state index in [1.165, 1.54) is 0 Å². The molecule has 0 aromatic heterocycles. The Labute approximate surface area is 102 Å². The molecule has 1 aliphatic rings. The average Bonchev–Trinajstić information content (AvgIpc) is 2.38. The molecule has 0 radical (unpaired) electrons. The number of carbonyl (C=O) groups excluding carboxylic acids is 2. The van der Waals surface area contributed by atoms with Crippen LogP contribution in [0, 0.1) is 5.92 Å². The molecular weight excluding hydrogens is 212 g/mol. The van der Waals surface area contributed by atoms with E-state index < -0.39 is 0 Å². The number of benzene rings is 1. The van der Waals surface area contributed by atoms with E-state index in [4.69, 9.17) is 0 Å². The third kappa shape index (κ3) is 2.82. The average molecular weight is 230 g/mol. The number of hydrogen-bond donors (Lipinski definition) is 0. The van der Waals surface area contributed by atoms with Gasteiger partial charge in [-0.3, -0.25) is 4.79 Å². The molecule has 0 heterocycles. The molecule has 2 atom stereocenters. The summed E-state index contributed by atoms with van der Waals surface area (Å²) in [6, 6.07) is 9.96. The summed E-state index contributed by atoms with van der Waals surface area (Å²) in [5.74, 6) is 0.477. The Morgan fingerprint density at radius 1 is 1.24 bits per heavy atom. The Bertz CT molecular complexity index is 383. The highest BCUT2D eigenvalue weighted by Gasteiger charge is 2.30. The summed E-state index contributed by atoms with van der Waals surface area (Å²) in [6.45, 7) is 0. The Morgan fingerprint density at radius 2 is 2.00 bits per heavy atom. The van der Waals surface area contributed by atoms with Crippen LogP contribution in [0.2, 0.25) is 0 Å². The van der Waals surface area contributed by atoms with Gasteiger partial charge in [-0.2, -0.15) is 0 Å². The van der Waals surface area contributed by atoms with Gasteiger partial charge in [-0.1, -0.05) is 36.8 Å². The lowest BCUT2D eigenvalue weighted by Crippen LogP contribution is -2.26. The number of rotatable bonds is 4. The maximum atomic E-state index is 12.0. The number of carbonyl (C=O) groups is 2. The molecule has 90 valence electrons. The first-order chi connectivity index (χ1) is 8.33. The Morgan fingerprint density at radius 3 is 2.65 bits per heavy atom. The molecule has 1 saturated carbocycles. The van der Waals surface area contributed by atoms with Crippen LogP contribution in [0.1, 0.15) is 43.6 Å². The van der Waals surface area contributed by atoms with Crippen molar-refractivity contribution in [1.82, 2.24) is 0 Å². The van der Waals surface area contributed by atoms with Crippen LogP contribution in [0.3, 0.4) is 0 Å². The lowest BCUT2D eigenvalue weighted by Gasteiger charge is -2.28. The van der Waals surface area contributed by atoms with Crippen LogP contribution in [0.4, 0.5) is 0 Å². The standard InChI is InChI=1S/C15H18O2/c16-11-10-13(12-6-2-1-3-7-12)14-8-4-5-9-15(14)17/h1-3,6-7,11,13-14H,4-5,8-10H2. The van der Waals surface area contributed by atoms with E-state index in [-0.39, 0.29) is 11.8 Å².